The van der Waals surface area contributed by atoms with Crippen molar-refractivity contribution in [1.29, 1.82) is 0 Å². The second-order valence-electron chi connectivity index (χ2n) is 5.11. The minimum atomic E-state index is -0.402. The third kappa shape index (κ3) is 6.81. The van der Waals surface area contributed by atoms with Crippen molar-refractivity contribution in [3.8, 4) is 5.75 Å². The van der Waals surface area contributed by atoms with Gasteiger partial charge in [-0.3, -0.25) is 0 Å². The first kappa shape index (κ1) is 17.0. The van der Waals surface area contributed by atoms with Gasteiger partial charge < -0.3 is 20.5 Å². The minimum absolute atomic E-state index is 0.188. The summed E-state index contributed by atoms with van der Waals surface area (Å²) in [7, 11) is 0. The van der Waals surface area contributed by atoms with Crippen LogP contribution in [0.1, 0.15) is 20.3 Å². The van der Waals surface area contributed by atoms with Gasteiger partial charge in [0, 0.05) is 18.3 Å². The molecule has 21 heavy (non-hydrogen) atoms. The van der Waals surface area contributed by atoms with Gasteiger partial charge in [0.25, 0.3) is 0 Å². The fraction of sp³-hybridized carbons (Fsp3) is 0.438. The van der Waals surface area contributed by atoms with Crippen LogP contribution in [0, 0.1) is 5.92 Å². The molecule has 5 nitrogen and oxygen atoms in total. The second-order valence-corrected chi connectivity index (χ2v) is 5.11. The van der Waals surface area contributed by atoms with E-state index in [0.29, 0.717) is 31.0 Å². The lowest BCUT2D eigenvalue weighted by Gasteiger charge is -2.14. The molecular weight excluding hydrogens is 268 g/mol. The fourth-order valence-electron chi connectivity index (χ4n) is 1.66. The molecule has 1 atom stereocenters. The molecule has 0 saturated heterocycles. The summed E-state index contributed by atoms with van der Waals surface area (Å²) in [5.41, 5.74) is 0.651. The van der Waals surface area contributed by atoms with Crippen LogP contribution in [-0.4, -0.2) is 30.4 Å². The van der Waals surface area contributed by atoms with Crippen LogP contribution in [0.3, 0.4) is 0 Å². The Kier molecular flexibility index (Phi) is 7.32. The lowest BCUT2D eigenvalue weighted by molar-refractivity contribution is 0.117. The maximum absolute atomic E-state index is 11.7. The van der Waals surface area contributed by atoms with Gasteiger partial charge in [0.15, 0.2) is 0 Å². The van der Waals surface area contributed by atoms with Crippen molar-refractivity contribution in [1.82, 2.24) is 5.32 Å². The first-order valence-electron chi connectivity index (χ1n) is 7.09. The summed E-state index contributed by atoms with van der Waals surface area (Å²) in [5, 5.41) is 15.1. The molecule has 0 fully saturated rings. The normalized spacial score (nSPS) is 11.8. The highest BCUT2D eigenvalue weighted by molar-refractivity contribution is 5.89. The van der Waals surface area contributed by atoms with Gasteiger partial charge in [-0.1, -0.05) is 32.6 Å². The number of carbonyl (C=O) groups excluding carboxylic acids is 1. The second kappa shape index (κ2) is 9.02. The molecule has 0 spiro atoms. The van der Waals surface area contributed by atoms with E-state index in [1.54, 1.807) is 24.3 Å². The van der Waals surface area contributed by atoms with Crippen molar-refractivity contribution < 1.29 is 14.6 Å². The third-order valence-electron chi connectivity index (χ3n) is 2.95. The van der Waals surface area contributed by atoms with Crippen LogP contribution in [0.25, 0.3) is 0 Å². The molecule has 0 bridgehead atoms. The number of rotatable bonds is 8. The molecule has 1 aromatic carbocycles. The van der Waals surface area contributed by atoms with E-state index >= 15 is 0 Å². The van der Waals surface area contributed by atoms with Crippen LogP contribution in [0.15, 0.2) is 36.9 Å². The van der Waals surface area contributed by atoms with Gasteiger partial charge >= 0.3 is 6.03 Å². The largest absolute Gasteiger partial charge is 0.489 e. The maximum atomic E-state index is 11.7. The number of hydrogen-bond donors (Lipinski definition) is 3. The molecule has 1 rings (SSSR count). The Morgan fingerprint density at radius 2 is 2.24 bits per heavy atom. The van der Waals surface area contributed by atoms with Crippen molar-refractivity contribution in [3.05, 3.63) is 36.9 Å². The number of urea groups is 1. The molecule has 5 heteroatoms. The summed E-state index contributed by atoms with van der Waals surface area (Å²) >= 11 is 0. The number of aliphatic hydroxyl groups is 1. The predicted molar refractivity (Wildman–Crippen MR) is 84.6 cm³/mol. The zero-order chi connectivity index (χ0) is 15.7. The number of benzene rings is 1. The first-order chi connectivity index (χ1) is 10.0. The number of carbonyl (C=O) groups is 1. The Labute approximate surface area is 126 Å². The zero-order valence-electron chi connectivity index (χ0n) is 12.6. The molecular formula is C16H24N2O3. The molecule has 116 valence electrons. The molecule has 0 aliphatic carbocycles. The van der Waals surface area contributed by atoms with Crippen LogP contribution in [0.2, 0.25) is 0 Å². The van der Waals surface area contributed by atoms with Crippen molar-refractivity contribution in [2.24, 2.45) is 5.92 Å². The molecule has 0 aliphatic heterocycles. The van der Waals surface area contributed by atoms with Crippen molar-refractivity contribution in [2.45, 2.75) is 26.4 Å². The Morgan fingerprint density at radius 3 is 2.90 bits per heavy atom. The van der Waals surface area contributed by atoms with Crippen LogP contribution in [0.5, 0.6) is 5.75 Å². The quantitative estimate of drug-likeness (QED) is 0.645. The molecule has 3 N–H and O–H groups in total. The SMILES string of the molecule is C=CCOc1cccc(NC(=O)NCCC(O)C(C)C)c1. The summed E-state index contributed by atoms with van der Waals surface area (Å²) in [6, 6.07) is 6.84. The van der Waals surface area contributed by atoms with Crippen molar-refractivity contribution in [2.75, 3.05) is 18.5 Å². The summed E-state index contributed by atoms with van der Waals surface area (Å²) in [4.78, 5) is 11.7. The van der Waals surface area contributed by atoms with Gasteiger partial charge in [0.2, 0.25) is 0 Å². The number of nitrogens with one attached hydrogen (secondary N) is 2. The van der Waals surface area contributed by atoms with Gasteiger partial charge in [-0.25, -0.2) is 4.79 Å². The molecule has 1 aromatic rings. The Hall–Kier alpha value is -2.01. The standard InChI is InChI=1S/C16H24N2O3/c1-4-10-21-14-7-5-6-13(11-14)18-16(20)17-9-8-15(19)12(2)3/h4-7,11-12,15,19H,1,8-10H2,2-3H3,(H2,17,18,20). The Morgan fingerprint density at radius 1 is 1.48 bits per heavy atom. The van der Waals surface area contributed by atoms with Crippen LogP contribution >= 0.6 is 0 Å². The van der Waals surface area contributed by atoms with E-state index in [1.807, 2.05) is 19.9 Å². The van der Waals surface area contributed by atoms with Gasteiger partial charge in [-0.05, 0) is 24.5 Å². The highest BCUT2D eigenvalue weighted by atomic mass is 16.5. The molecule has 1 unspecified atom stereocenters. The van der Waals surface area contributed by atoms with Crippen molar-refractivity contribution in [3.63, 3.8) is 0 Å². The smallest absolute Gasteiger partial charge is 0.319 e. The lowest BCUT2D eigenvalue weighted by Crippen LogP contribution is -2.32. The highest BCUT2D eigenvalue weighted by Crippen LogP contribution is 2.17. The van der Waals surface area contributed by atoms with E-state index in [4.69, 9.17) is 4.74 Å². The average molecular weight is 292 g/mol. The lowest BCUT2D eigenvalue weighted by atomic mass is 10.0. The van der Waals surface area contributed by atoms with Crippen LogP contribution in [0.4, 0.5) is 10.5 Å². The summed E-state index contributed by atoms with van der Waals surface area (Å²) in [5.74, 6) is 0.858. The van der Waals surface area contributed by atoms with E-state index in [0.717, 1.165) is 0 Å². The van der Waals surface area contributed by atoms with Gasteiger partial charge in [0.05, 0.1) is 6.10 Å². The van der Waals surface area contributed by atoms with Crippen molar-refractivity contribution >= 4 is 11.7 Å². The zero-order valence-corrected chi connectivity index (χ0v) is 12.6. The number of anilines is 1. The third-order valence-corrected chi connectivity index (χ3v) is 2.95. The highest BCUT2D eigenvalue weighted by Gasteiger charge is 2.09. The van der Waals surface area contributed by atoms with E-state index in [1.165, 1.54) is 0 Å². The summed E-state index contributed by atoms with van der Waals surface area (Å²) in [6.45, 7) is 8.32. The number of hydrogen-bond acceptors (Lipinski definition) is 3. The topological polar surface area (TPSA) is 70.6 Å². The molecule has 0 saturated carbocycles. The monoisotopic (exact) mass is 292 g/mol. The predicted octanol–water partition coefficient (Wildman–Crippen LogP) is 2.78. The summed E-state index contributed by atoms with van der Waals surface area (Å²) in [6.07, 6.45) is 1.79. The molecule has 0 aromatic heterocycles. The molecule has 0 radical (unpaired) electrons. The van der Waals surface area contributed by atoms with E-state index in [2.05, 4.69) is 17.2 Å². The average Bonchev–Trinajstić information content (AvgIpc) is 2.45. The number of ether oxygens (including phenoxy) is 1. The van der Waals surface area contributed by atoms with Gasteiger partial charge in [-0.15, -0.1) is 0 Å². The minimum Gasteiger partial charge on any atom is -0.489 e. The first-order valence-corrected chi connectivity index (χ1v) is 7.09. The van der Waals surface area contributed by atoms with Crippen LogP contribution in [-0.2, 0) is 0 Å². The molecule has 0 aliphatic rings. The Balaban J connectivity index is 2.38. The summed E-state index contributed by atoms with van der Waals surface area (Å²) < 4.78 is 5.39. The maximum Gasteiger partial charge on any atom is 0.319 e. The number of aliphatic hydroxyl groups excluding tert-OH is 1. The van der Waals surface area contributed by atoms with Gasteiger partial charge in [0.1, 0.15) is 12.4 Å². The Bertz CT molecular complexity index is 461. The van der Waals surface area contributed by atoms with E-state index in [-0.39, 0.29) is 11.9 Å². The van der Waals surface area contributed by atoms with E-state index < -0.39 is 6.10 Å². The number of amides is 2. The van der Waals surface area contributed by atoms with E-state index in [9.17, 15) is 9.90 Å². The molecule has 2 amide bonds. The van der Waals surface area contributed by atoms with Gasteiger partial charge in [-0.2, -0.15) is 0 Å². The molecule has 0 heterocycles. The van der Waals surface area contributed by atoms with Crippen LogP contribution < -0.4 is 15.4 Å². The fourth-order valence-corrected chi connectivity index (χ4v) is 1.66.